The molecule has 1 amide bonds. The Morgan fingerprint density at radius 1 is 1.12 bits per heavy atom. The predicted octanol–water partition coefficient (Wildman–Crippen LogP) is 4.12. The van der Waals surface area contributed by atoms with E-state index in [1.54, 1.807) is 18.2 Å². The molecule has 0 radical (unpaired) electrons. The minimum Gasteiger partial charge on any atom is -0.505 e. The zero-order valence-corrected chi connectivity index (χ0v) is 15.2. The van der Waals surface area contributed by atoms with E-state index in [0.29, 0.717) is 22.7 Å². The Morgan fingerprint density at radius 3 is 2.54 bits per heavy atom. The van der Waals surface area contributed by atoms with Gasteiger partial charge < -0.3 is 19.3 Å². The molecular weight excluding hydrogens is 401 g/mol. The summed E-state index contributed by atoms with van der Waals surface area (Å²) in [4.78, 5) is 14.0. The SMILES string of the molecule is O=C1C(=Cc2cc(Cl)c(O)c(Cl)c2)OC(=S)N1c1ccc2c(c1)OCO2. The first-order valence-electron chi connectivity index (χ1n) is 7.29. The normalized spacial score (nSPS) is 17.2. The summed E-state index contributed by atoms with van der Waals surface area (Å²) in [5.41, 5.74) is 0.978. The average molecular weight is 410 g/mol. The molecule has 9 heteroatoms. The van der Waals surface area contributed by atoms with Gasteiger partial charge in [0.2, 0.25) is 6.79 Å². The van der Waals surface area contributed by atoms with Crippen molar-refractivity contribution in [3.8, 4) is 17.2 Å². The van der Waals surface area contributed by atoms with Gasteiger partial charge in [-0.2, -0.15) is 0 Å². The highest BCUT2D eigenvalue weighted by molar-refractivity contribution is 7.80. The highest BCUT2D eigenvalue weighted by Crippen LogP contribution is 2.38. The molecule has 0 aliphatic carbocycles. The first-order chi connectivity index (χ1) is 12.4. The van der Waals surface area contributed by atoms with E-state index in [1.807, 2.05) is 0 Å². The first-order valence-corrected chi connectivity index (χ1v) is 8.46. The van der Waals surface area contributed by atoms with Crippen molar-refractivity contribution in [3.63, 3.8) is 0 Å². The lowest BCUT2D eigenvalue weighted by molar-refractivity contribution is -0.114. The second kappa shape index (κ2) is 6.35. The van der Waals surface area contributed by atoms with Gasteiger partial charge in [-0.3, -0.25) is 4.79 Å². The summed E-state index contributed by atoms with van der Waals surface area (Å²) >= 11 is 17.0. The van der Waals surface area contributed by atoms with Gasteiger partial charge in [0.15, 0.2) is 23.0 Å². The standard InChI is InChI=1S/C17H9Cl2NO5S/c18-10-3-8(4-11(19)15(10)21)5-14-16(22)20(17(26)25-14)9-1-2-12-13(6-9)24-7-23-12/h1-6,21H,7H2. The number of thiocarbonyl (C=S) groups is 1. The van der Waals surface area contributed by atoms with Crippen LogP contribution in [0.2, 0.25) is 10.0 Å². The molecule has 0 spiro atoms. The molecule has 0 unspecified atom stereocenters. The third kappa shape index (κ3) is 2.84. The molecule has 1 saturated heterocycles. The molecule has 0 saturated carbocycles. The maximum absolute atomic E-state index is 12.7. The molecule has 2 heterocycles. The topological polar surface area (TPSA) is 68.2 Å². The van der Waals surface area contributed by atoms with Gasteiger partial charge in [0, 0.05) is 6.07 Å². The van der Waals surface area contributed by atoms with Crippen LogP contribution in [0.4, 0.5) is 5.69 Å². The van der Waals surface area contributed by atoms with E-state index in [1.165, 1.54) is 23.1 Å². The number of amides is 1. The fourth-order valence-corrected chi connectivity index (χ4v) is 3.32. The Balaban J connectivity index is 1.67. The molecule has 2 aliphatic rings. The third-order valence-electron chi connectivity index (χ3n) is 3.75. The Kier molecular flexibility index (Phi) is 4.14. The van der Waals surface area contributed by atoms with Gasteiger partial charge >= 0.3 is 5.91 Å². The van der Waals surface area contributed by atoms with Crippen molar-refractivity contribution in [3.05, 3.63) is 51.7 Å². The zero-order chi connectivity index (χ0) is 18.4. The molecule has 26 heavy (non-hydrogen) atoms. The van der Waals surface area contributed by atoms with Gasteiger partial charge in [0.05, 0.1) is 15.7 Å². The van der Waals surface area contributed by atoms with Crippen molar-refractivity contribution in [2.75, 3.05) is 11.7 Å². The van der Waals surface area contributed by atoms with Crippen LogP contribution in [0.15, 0.2) is 36.1 Å². The lowest BCUT2D eigenvalue weighted by Gasteiger charge is -2.12. The Hall–Kier alpha value is -2.48. The number of aromatic hydroxyl groups is 1. The summed E-state index contributed by atoms with van der Waals surface area (Å²) in [6.07, 6.45) is 1.44. The van der Waals surface area contributed by atoms with Crippen molar-refractivity contribution in [2.45, 2.75) is 0 Å². The van der Waals surface area contributed by atoms with Crippen LogP contribution in [0.5, 0.6) is 17.2 Å². The number of phenols is 1. The molecule has 2 aromatic carbocycles. The minimum atomic E-state index is -0.450. The summed E-state index contributed by atoms with van der Waals surface area (Å²) in [6, 6.07) is 7.93. The molecule has 0 atom stereocenters. The van der Waals surface area contributed by atoms with E-state index in [9.17, 15) is 9.90 Å². The highest BCUT2D eigenvalue weighted by atomic mass is 35.5. The molecule has 0 bridgehead atoms. The third-order valence-corrected chi connectivity index (χ3v) is 4.59. The number of anilines is 1. The molecule has 4 rings (SSSR count). The summed E-state index contributed by atoms with van der Waals surface area (Å²) < 4.78 is 16.0. The number of carbonyl (C=O) groups excluding carboxylic acids is 1. The molecule has 1 fully saturated rings. The van der Waals surface area contributed by atoms with E-state index < -0.39 is 5.91 Å². The molecule has 2 aromatic rings. The van der Waals surface area contributed by atoms with Crippen LogP contribution in [0, 0.1) is 0 Å². The summed E-state index contributed by atoms with van der Waals surface area (Å²) in [5, 5.41) is 9.72. The number of rotatable bonds is 2. The van der Waals surface area contributed by atoms with E-state index in [4.69, 9.17) is 49.6 Å². The predicted molar refractivity (Wildman–Crippen MR) is 99.8 cm³/mol. The number of nitrogens with zero attached hydrogens (tertiary/aromatic N) is 1. The van der Waals surface area contributed by atoms with Gasteiger partial charge in [-0.05, 0) is 48.1 Å². The van der Waals surface area contributed by atoms with Gasteiger partial charge in [0.1, 0.15) is 0 Å². The van der Waals surface area contributed by atoms with Crippen LogP contribution in [0.25, 0.3) is 6.08 Å². The number of benzene rings is 2. The molecule has 0 aromatic heterocycles. The lowest BCUT2D eigenvalue weighted by Crippen LogP contribution is -2.27. The minimum absolute atomic E-state index is 0.00508. The molecule has 6 nitrogen and oxygen atoms in total. The largest absolute Gasteiger partial charge is 0.505 e. The Bertz CT molecular complexity index is 968. The van der Waals surface area contributed by atoms with E-state index >= 15 is 0 Å². The Labute approximate surface area is 163 Å². The van der Waals surface area contributed by atoms with Crippen LogP contribution >= 0.6 is 35.4 Å². The van der Waals surface area contributed by atoms with Crippen molar-refractivity contribution >= 4 is 58.3 Å². The quantitative estimate of drug-likeness (QED) is 0.594. The number of phenolic OH excluding ortho intramolecular Hbond substituents is 1. The molecule has 1 N–H and O–H groups in total. The monoisotopic (exact) mass is 409 g/mol. The summed E-state index contributed by atoms with van der Waals surface area (Å²) in [5.74, 6) is 0.440. The molecule has 132 valence electrons. The lowest BCUT2D eigenvalue weighted by atomic mass is 10.2. The zero-order valence-electron chi connectivity index (χ0n) is 12.9. The number of ether oxygens (including phenoxy) is 3. The average Bonchev–Trinajstić information content (AvgIpc) is 3.16. The number of hydrogen-bond donors (Lipinski definition) is 1. The highest BCUT2D eigenvalue weighted by Gasteiger charge is 2.35. The molecular formula is C17H9Cl2NO5S. The van der Waals surface area contributed by atoms with Gasteiger partial charge in [-0.1, -0.05) is 23.2 Å². The van der Waals surface area contributed by atoms with E-state index in [-0.39, 0.29) is 33.5 Å². The van der Waals surface area contributed by atoms with Crippen LogP contribution in [0.1, 0.15) is 5.56 Å². The smallest absolute Gasteiger partial charge is 0.301 e. The van der Waals surface area contributed by atoms with Crippen LogP contribution in [-0.4, -0.2) is 23.0 Å². The number of carbonyl (C=O) groups is 1. The fraction of sp³-hybridized carbons (Fsp3) is 0.0588. The van der Waals surface area contributed by atoms with E-state index in [0.717, 1.165) is 0 Å². The molecule has 2 aliphatic heterocycles. The first kappa shape index (κ1) is 17.0. The van der Waals surface area contributed by atoms with Gasteiger partial charge in [-0.25, -0.2) is 4.90 Å². The van der Waals surface area contributed by atoms with E-state index in [2.05, 4.69) is 0 Å². The number of halogens is 2. The van der Waals surface area contributed by atoms with Crippen molar-refractivity contribution in [1.29, 1.82) is 0 Å². The second-order valence-electron chi connectivity index (χ2n) is 5.39. The van der Waals surface area contributed by atoms with Crippen LogP contribution < -0.4 is 14.4 Å². The van der Waals surface area contributed by atoms with Crippen molar-refractivity contribution < 1.29 is 24.1 Å². The maximum atomic E-state index is 12.7. The van der Waals surface area contributed by atoms with Crippen LogP contribution in [-0.2, 0) is 9.53 Å². The van der Waals surface area contributed by atoms with Crippen molar-refractivity contribution in [1.82, 2.24) is 0 Å². The van der Waals surface area contributed by atoms with Crippen molar-refractivity contribution in [2.24, 2.45) is 0 Å². The van der Waals surface area contributed by atoms with Crippen LogP contribution in [0.3, 0.4) is 0 Å². The second-order valence-corrected chi connectivity index (χ2v) is 6.55. The van der Waals surface area contributed by atoms with Gasteiger partial charge in [0.25, 0.3) is 5.17 Å². The summed E-state index contributed by atoms with van der Waals surface area (Å²) in [7, 11) is 0. The Morgan fingerprint density at radius 2 is 1.81 bits per heavy atom. The fourth-order valence-electron chi connectivity index (χ4n) is 2.53. The number of hydrogen-bond acceptors (Lipinski definition) is 6. The summed E-state index contributed by atoms with van der Waals surface area (Å²) in [6.45, 7) is 0.126. The maximum Gasteiger partial charge on any atom is 0.301 e. The van der Waals surface area contributed by atoms with Gasteiger partial charge in [-0.15, -0.1) is 0 Å². The number of fused-ring (bicyclic) bond motifs is 1.